The lowest BCUT2D eigenvalue weighted by atomic mass is 10.1. The highest BCUT2D eigenvalue weighted by atomic mass is 16.2. The molecule has 2 aromatic rings. The summed E-state index contributed by atoms with van der Waals surface area (Å²) in [6.45, 7) is 4.26. The van der Waals surface area contributed by atoms with Gasteiger partial charge in [0, 0.05) is 30.8 Å². The second kappa shape index (κ2) is 8.99. The average molecular weight is 339 g/mol. The van der Waals surface area contributed by atoms with Crippen molar-refractivity contribution in [2.75, 3.05) is 17.2 Å². The second-order valence-corrected chi connectivity index (χ2v) is 6.15. The van der Waals surface area contributed by atoms with Crippen molar-refractivity contribution < 1.29 is 9.59 Å². The molecule has 0 aliphatic rings. The Morgan fingerprint density at radius 3 is 2.28 bits per heavy atom. The van der Waals surface area contributed by atoms with Gasteiger partial charge in [-0.1, -0.05) is 35.9 Å². The van der Waals surface area contributed by atoms with E-state index in [4.69, 9.17) is 5.73 Å². The maximum Gasteiger partial charge on any atom is 0.225 e. The molecule has 0 heterocycles. The molecule has 2 amide bonds. The fraction of sp³-hybridized carbons (Fsp3) is 0.300. The molecule has 25 heavy (non-hydrogen) atoms. The van der Waals surface area contributed by atoms with Crippen LogP contribution < -0.4 is 16.4 Å². The van der Waals surface area contributed by atoms with Gasteiger partial charge in [0.2, 0.25) is 11.8 Å². The van der Waals surface area contributed by atoms with Crippen LogP contribution in [0.3, 0.4) is 0 Å². The molecule has 4 N–H and O–H groups in total. The minimum absolute atomic E-state index is 0.0471. The molecule has 0 bridgehead atoms. The first-order chi connectivity index (χ1) is 12.0. The second-order valence-electron chi connectivity index (χ2n) is 6.15. The van der Waals surface area contributed by atoms with Gasteiger partial charge in [-0.15, -0.1) is 0 Å². The highest BCUT2D eigenvalue weighted by Gasteiger charge is 2.08. The predicted octanol–water partition coefficient (Wildman–Crippen LogP) is 3.16. The molecule has 0 atom stereocenters. The lowest BCUT2D eigenvalue weighted by molar-refractivity contribution is -0.116. The lowest BCUT2D eigenvalue weighted by Crippen LogP contribution is -2.17. The number of hydrogen-bond donors (Lipinski definition) is 3. The van der Waals surface area contributed by atoms with Crippen LogP contribution >= 0.6 is 0 Å². The maximum atomic E-state index is 12.2. The fourth-order valence-electron chi connectivity index (χ4n) is 2.41. The van der Waals surface area contributed by atoms with E-state index in [1.54, 1.807) is 6.07 Å². The molecule has 0 unspecified atom stereocenters. The third-order valence-electron chi connectivity index (χ3n) is 3.93. The molecule has 5 nitrogen and oxygen atoms in total. The number of hydrogen-bond acceptors (Lipinski definition) is 3. The summed E-state index contributed by atoms with van der Waals surface area (Å²) in [4.78, 5) is 23.9. The van der Waals surface area contributed by atoms with Gasteiger partial charge in [-0.3, -0.25) is 9.59 Å². The van der Waals surface area contributed by atoms with E-state index < -0.39 is 0 Å². The van der Waals surface area contributed by atoms with Crippen LogP contribution in [-0.2, 0) is 16.0 Å². The molecular formula is C20H25N3O2. The number of nitrogens with two attached hydrogens (primary N) is 1. The zero-order valence-corrected chi connectivity index (χ0v) is 14.8. The standard InChI is InChI=1S/C20H25N3O2/c1-14-3-6-16(7-4-14)8-10-19(24)23-18-13-17(9-5-15(18)2)22-20(25)11-12-21/h3-7,9,13H,8,10-12,21H2,1-2H3,(H,22,25)(H,23,24). The summed E-state index contributed by atoms with van der Waals surface area (Å²) in [6.07, 6.45) is 1.37. The van der Waals surface area contributed by atoms with Crippen LogP contribution in [0.1, 0.15) is 29.5 Å². The molecule has 2 aromatic carbocycles. The van der Waals surface area contributed by atoms with Gasteiger partial charge in [-0.05, 0) is 43.5 Å². The van der Waals surface area contributed by atoms with Crippen molar-refractivity contribution in [1.82, 2.24) is 0 Å². The third kappa shape index (κ3) is 6.04. The first-order valence-electron chi connectivity index (χ1n) is 8.44. The minimum Gasteiger partial charge on any atom is -0.330 e. The molecule has 0 aliphatic carbocycles. The summed E-state index contributed by atoms with van der Waals surface area (Å²) in [5.41, 5.74) is 10.0. The highest BCUT2D eigenvalue weighted by Crippen LogP contribution is 2.21. The van der Waals surface area contributed by atoms with E-state index in [1.807, 2.05) is 50.2 Å². The Labute approximate surface area is 148 Å². The Balaban J connectivity index is 1.94. The zero-order valence-electron chi connectivity index (χ0n) is 14.8. The normalized spacial score (nSPS) is 10.4. The van der Waals surface area contributed by atoms with Crippen molar-refractivity contribution in [3.05, 3.63) is 59.2 Å². The molecule has 0 saturated carbocycles. The van der Waals surface area contributed by atoms with Crippen LogP contribution in [0.25, 0.3) is 0 Å². The van der Waals surface area contributed by atoms with Crippen molar-refractivity contribution in [3.8, 4) is 0 Å². The van der Waals surface area contributed by atoms with Crippen LogP contribution in [0.5, 0.6) is 0 Å². The van der Waals surface area contributed by atoms with Crippen molar-refractivity contribution in [2.45, 2.75) is 33.1 Å². The Hall–Kier alpha value is -2.66. The van der Waals surface area contributed by atoms with Gasteiger partial charge in [0.25, 0.3) is 0 Å². The predicted molar refractivity (Wildman–Crippen MR) is 102 cm³/mol. The first-order valence-corrected chi connectivity index (χ1v) is 8.44. The molecule has 0 radical (unpaired) electrons. The van der Waals surface area contributed by atoms with Crippen LogP contribution in [0.15, 0.2) is 42.5 Å². The smallest absolute Gasteiger partial charge is 0.225 e. The SMILES string of the molecule is Cc1ccc(CCC(=O)Nc2cc(NC(=O)CCN)ccc2C)cc1. The molecule has 132 valence electrons. The molecule has 2 rings (SSSR count). The van der Waals surface area contributed by atoms with Crippen molar-refractivity contribution in [2.24, 2.45) is 5.73 Å². The van der Waals surface area contributed by atoms with Gasteiger partial charge in [0.05, 0.1) is 0 Å². The van der Waals surface area contributed by atoms with Crippen LogP contribution in [-0.4, -0.2) is 18.4 Å². The number of benzene rings is 2. The fourth-order valence-corrected chi connectivity index (χ4v) is 2.41. The Bertz CT molecular complexity index is 739. The van der Waals surface area contributed by atoms with Crippen molar-refractivity contribution in [3.63, 3.8) is 0 Å². The van der Waals surface area contributed by atoms with Gasteiger partial charge in [-0.25, -0.2) is 0 Å². The Kier molecular flexibility index (Phi) is 6.71. The van der Waals surface area contributed by atoms with Gasteiger partial charge in [0.15, 0.2) is 0 Å². The highest BCUT2D eigenvalue weighted by molar-refractivity contribution is 5.94. The summed E-state index contributed by atoms with van der Waals surface area (Å²) >= 11 is 0. The van der Waals surface area contributed by atoms with E-state index in [-0.39, 0.29) is 18.2 Å². The molecule has 0 spiro atoms. The zero-order chi connectivity index (χ0) is 18.2. The van der Waals surface area contributed by atoms with E-state index in [1.165, 1.54) is 5.56 Å². The molecule has 5 heteroatoms. The quantitative estimate of drug-likeness (QED) is 0.724. The minimum atomic E-state index is -0.136. The number of carbonyl (C=O) groups is 2. The monoisotopic (exact) mass is 339 g/mol. The molecule has 0 aliphatic heterocycles. The number of amides is 2. The third-order valence-corrected chi connectivity index (χ3v) is 3.93. The summed E-state index contributed by atoms with van der Waals surface area (Å²) in [5.74, 6) is -0.183. The summed E-state index contributed by atoms with van der Waals surface area (Å²) in [7, 11) is 0. The van der Waals surface area contributed by atoms with Gasteiger partial charge in [0.1, 0.15) is 0 Å². The van der Waals surface area contributed by atoms with E-state index in [2.05, 4.69) is 10.6 Å². The van der Waals surface area contributed by atoms with Crippen LogP contribution in [0, 0.1) is 13.8 Å². The number of anilines is 2. The van der Waals surface area contributed by atoms with E-state index >= 15 is 0 Å². The largest absolute Gasteiger partial charge is 0.330 e. The molecule has 0 fully saturated rings. The maximum absolute atomic E-state index is 12.2. The van der Waals surface area contributed by atoms with Gasteiger partial charge in [-0.2, -0.15) is 0 Å². The van der Waals surface area contributed by atoms with Crippen LogP contribution in [0.4, 0.5) is 11.4 Å². The van der Waals surface area contributed by atoms with Gasteiger partial charge >= 0.3 is 0 Å². The van der Waals surface area contributed by atoms with E-state index in [9.17, 15) is 9.59 Å². The number of nitrogens with one attached hydrogen (secondary N) is 2. The molecule has 0 saturated heterocycles. The number of aryl methyl sites for hydroxylation is 3. The van der Waals surface area contributed by atoms with Crippen LogP contribution in [0.2, 0.25) is 0 Å². The molecular weight excluding hydrogens is 314 g/mol. The lowest BCUT2D eigenvalue weighted by Gasteiger charge is -2.11. The number of carbonyl (C=O) groups excluding carboxylic acids is 2. The van der Waals surface area contributed by atoms with E-state index in [0.29, 0.717) is 30.8 Å². The topological polar surface area (TPSA) is 84.2 Å². The van der Waals surface area contributed by atoms with Gasteiger partial charge < -0.3 is 16.4 Å². The molecule has 0 aromatic heterocycles. The Morgan fingerprint density at radius 2 is 1.60 bits per heavy atom. The van der Waals surface area contributed by atoms with Crippen molar-refractivity contribution >= 4 is 23.2 Å². The summed E-state index contributed by atoms with van der Waals surface area (Å²) < 4.78 is 0. The Morgan fingerprint density at radius 1 is 0.920 bits per heavy atom. The summed E-state index contributed by atoms with van der Waals surface area (Å²) in [6, 6.07) is 13.6. The van der Waals surface area contributed by atoms with Crippen molar-refractivity contribution in [1.29, 1.82) is 0 Å². The summed E-state index contributed by atoms with van der Waals surface area (Å²) in [5, 5.41) is 5.70. The first kappa shape index (κ1) is 18.7. The average Bonchev–Trinajstić information content (AvgIpc) is 2.57. The van der Waals surface area contributed by atoms with E-state index in [0.717, 1.165) is 11.1 Å². The number of rotatable bonds is 7.